The molecular formula is C16H15ClF2N4O3S2. The number of alkyl halides is 2. The van der Waals surface area contributed by atoms with Gasteiger partial charge in [0.25, 0.3) is 12.3 Å². The molecule has 0 radical (unpaired) electrons. The van der Waals surface area contributed by atoms with Crippen LogP contribution >= 0.6 is 22.9 Å². The van der Waals surface area contributed by atoms with Crippen LogP contribution < -0.4 is 5.32 Å². The Morgan fingerprint density at radius 1 is 1.36 bits per heavy atom. The predicted molar refractivity (Wildman–Crippen MR) is 103 cm³/mol. The first kappa shape index (κ1) is 20.6. The summed E-state index contributed by atoms with van der Waals surface area (Å²) in [7, 11) is -3.36. The molecule has 0 aliphatic rings. The van der Waals surface area contributed by atoms with E-state index in [-0.39, 0.29) is 20.7 Å². The van der Waals surface area contributed by atoms with Crippen molar-refractivity contribution in [2.75, 3.05) is 11.6 Å². The minimum atomic E-state index is -3.36. The second-order valence-electron chi connectivity index (χ2n) is 6.12. The zero-order valence-electron chi connectivity index (χ0n) is 14.9. The number of aromatic nitrogens is 3. The van der Waals surface area contributed by atoms with Crippen LogP contribution in [0.3, 0.4) is 0 Å². The Labute approximate surface area is 168 Å². The van der Waals surface area contributed by atoms with E-state index in [4.69, 9.17) is 11.6 Å². The lowest BCUT2D eigenvalue weighted by Crippen LogP contribution is -2.25. The van der Waals surface area contributed by atoms with Crippen LogP contribution in [-0.4, -0.2) is 35.3 Å². The second-order valence-corrected chi connectivity index (χ2v) is 9.54. The summed E-state index contributed by atoms with van der Waals surface area (Å²) in [6, 6.07) is 3.55. The normalized spacial score (nSPS) is 13.2. The molecule has 3 rings (SSSR count). The number of hydrogen-bond donors (Lipinski definition) is 1. The maximum atomic E-state index is 13.0. The van der Waals surface area contributed by atoms with Gasteiger partial charge in [0.15, 0.2) is 15.0 Å². The number of anilines is 1. The number of rotatable bonds is 5. The molecule has 0 aliphatic carbocycles. The first-order valence-electron chi connectivity index (χ1n) is 7.93. The largest absolute Gasteiger partial charge is 0.300 e. The Hall–Kier alpha value is -2.11. The topological polar surface area (TPSA) is 93.9 Å². The number of sulfone groups is 1. The number of carbonyl (C=O) groups is 1. The molecule has 1 N–H and O–H groups in total. The van der Waals surface area contributed by atoms with Crippen LogP contribution in [0.5, 0.6) is 0 Å². The summed E-state index contributed by atoms with van der Waals surface area (Å²) in [5.41, 5.74) is 0.201. The van der Waals surface area contributed by atoms with Crippen LogP contribution in [0.25, 0.3) is 10.2 Å². The van der Waals surface area contributed by atoms with Crippen LogP contribution in [0.2, 0.25) is 5.02 Å². The Morgan fingerprint density at radius 2 is 2.04 bits per heavy atom. The van der Waals surface area contributed by atoms with Gasteiger partial charge in [0.1, 0.15) is 11.7 Å². The fourth-order valence-corrected chi connectivity index (χ4v) is 4.38. The molecule has 0 saturated carbocycles. The lowest BCUT2D eigenvalue weighted by molar-refractivity contribution is -0.119. The summed E-state index contributed by atoms with van der Waals surface area (Å²) in [4.78, 5) is 16.9. The third kappa shape index (κ3) is 3.87. The van der Waals surface area contributed by atoms with Gasteiger partial charge in [-0.05, 0) is 32.0 Å². The molecule has 1 atom stereocenters. The van der Waals surface area contributed by atoms with Crippen LogP contribution in [-0.2, 0) is 14.6 Å². The smallest absolute Gasteiger partial charge is 0.283 e. The molecule has 2 aromatic heterocycles. The fraction of sp³-hybridized carbons (Fsp3) is 0.312. The number of carbonyl (C=O) groups excluding carboxylic acids is 1. The van der Waals surface area contributed by atoms with Crippen molar-refractivity contribution >= 4 is 54.0 Å². The van der Waals surface area contributed by atoms with Crippen molar-refractivity contribution in [3.63, 3.8) is 0 Å². The van der Waals surface area contributed by atoms with Crippen molar-refractivity contribution in [2.24, 2.45) is 0 Å². The average Bonchev–Trinajstić information content (AvgIpc) is 3.13. The number of fused-ring (bicyclic) bond motifs is 1. The van der Waals surface area contributed by atoms with E-state index in [1.165, 1.54) is 26.0 Å². The van der Waals surface area contributed by atoms with Crippen molar-refractivity contribution in [2.45, 2.75) is 31.2 Å². The summed E-state index contributed by atoms with van der Waals surface area (Å²) >= 11 is 6.97. The Bertz CT molecular complexity index is 1170. The van der Waals surface area contributed by atoms with Gasteiger partial charge in [-0.1, -0.05) is 22.9 Å². The molecule has 2 heterocycles. The van der Waals surface area contributed by atoms with Crippen molar-refractivity contribution in [3.8, 4) is 0 Å². The van der Waals surface area contributed by atoms with Crippen LogP contribution in [0.4, 0.5) is 13.9 Å². The monoisotopic (exact) mass is 448 g/mol. The van der Waals surface area contributed by atoms with Crippen molar-refractivity contribution in [3.05, 3.63) is 34.6 Å². The van der Waals surface area contributed by atoms with Crippen LogP contribution in [0.1, 0.15) is 30.8 Å². The predicted octanol–water partition coefficient (Wildman–Crippen LogP) is 4.00. The van der Waals surface area contributed by atoms with E-state index < -0.39 is 33.9 Å². The maximum Gasteiger partial charge on any atom is 0.283 e. The highest BCUT2D eigenvalue weighted by Crippen LogP contribution is 2.31. The number of amides is 1. The van der Waals surface area contributed by atoms with E-state index in [0.29, 0.717) is 10.2 Å². The number of hydrogen-bond acceptors (Lipinski definition) is 6. The molecule has 1 amide bonds. The molecule has 3 aromatic rings. The summed E-state index contributed by atoms with van der Waals surface area (Å²) in [5, 5.41) is 6.42. The number of benzene rings is 1. The number of halogens is 3. The molecule has 150 valence electrons. The molecule has 0 unspecified atom stereocenters. The minimum absolute atomic E-state index is 0.149. The first-order valence-corrected chi connectivity index (χ1v) is 11.0. The van der Waals surface area contributed by atoms with Gasteiger partial charge in [0.05, 0.1) is 25.8 Å². The van der Waals surface area contributed by atoms with Crippen LogP contribution in [0, 0.1) is 6.92 Å². The molecule has 0 saturated heterocycles. The molecule has 0 bridgehead atoms. The van der Waals surface area contributed by atoms with Gasteiger partial charge < -0.3 is 5.32 Å². The second kappa shape index (κ2) is 7.37. The summed E-state index contributed by atoms with van der Waals surface area (Å²) in [5.74, 6) is -0.523. The molecule has 7 nitrogen and oxygen atoms in total. The SMILES string of the molecule is Cc1c(Cl)c(C(F)F)nn1[C@@H](C)C(=O)Nc1nc2ccc(S(C)(=O)=O)cc2s1. The highest BCUT2D eigenvalue weighted by Gasteiger charge is 2.26. The third-order valence-electron chi connectivity index (χ3n) is 4.07. The summed E-state index contributed by atoms with van der Waals surface area (Å²) < 4.78 is 50.9. The van der Waals surface area contributed by atoms with E-state index in [1.807, 2.05) is 0 Å². The average molecular weight is 449 g/mol. The molecule has 0 spiro atoms. The lowest BCUT2D eigenvalue weighted by Gasteiger charge is -2.13. The summed E-state index contributed by atoms with van der Waals surface area (Å²) in [6.45, 7) is 2.99. The molecule has 1 aromatic carbocycles. The van der Waals surface area contributed by atoms with Gasteiger partial charge >= 0.3 is 0 Å². The van der Waals surface area contributed by atoms with Gasteiger partial charge in [-0.2, -0.15) is 5.10 Å². The van der Waals surface area contributed by atoms with Crippen molar-refractivity contribution in [1.29, 1.82) is 0 Å². The van der Waals surface area contributed by atoms with Gasteiger partial charge in [-0.3, -0.25) is 9.48 Å². The van der Waals surface area contributed by atoms with Crippen molar-refractivity contribution in [1.82, 2.24) is 14.8 Å². The molecule has 0 aliphatic heterocycles. The van der Waals surface area contributed by atoms with E-state index in [1.54, 1.807) is 6.07 Å². The van der Waals surface area contributed by atoms with Gasteiger partial charge in [-0.25, -0.2) is 22.2 Å². The van der Waals surface area contributed by atoms with Crippen molar-refractivity contribution < 1.29 is 22.0 Å². The minimum Gasteiger partial charge on any atom is -0.300 e. The van der Waals surface area contributed by atoms with Gasteiger partial charge in [-0.15, -0.1) is 0 Å². The highest BCUT2D eigenvalue weighted by atomic mass is 35.5. The molecular weight excluding hydrogens is 434 g/mol. The molecule has 28 heavy (non-hydrogen) atoms. The molecule has 12 heteroatoms. The Kier molecular flexibility index (Phi) is 5.43. The number of nitrogens with one attached hydrogen (secondary N) is 1. The molecule has 0 fully saturated rings. The van der Waals surface area contributed by atoms with Gasteiger partial charge in [0.2, 0.25) is 0 Å². The number of nitrogens with zero attached hydrogens (tertiary/aromatic N) is 3. The van der Waals surface area contributed by atoms with E-state index in [9.17, 15) is 22.0 Å². The highest BCUT2D eigenvalue weighted by molar-refractivity contribution is 7.90. The van der Waals surface area contributed by atoms with Gasteiger partial charge in [0, 0.05) is 6.26 Å². The Balaban J connectivity index is 1.85. The van der Waals surface area contributed by atoms with E-state index in [0.717, 1.165) is 22.3 Å². The Morgan fingerprint density at radius 3 is 2.61 bits per heavy atom. The summed E-state index contributed by atoms with van der Waals surface area (Å²) in [6.07, 6.45) is -1.75. The zero-order valence-corrected chi connectivity index (χ0v) is 17.3. The standard InChI is InChI=1S/C16H15ClF2N4O3S2/c1-7-12(17)13(14(18)19)22-23(7)8(2)15(24)21-16-20-10-5-4-9(28(3,25)26)6-11(10)27-16/h4-6,8,14H,1-3H3,(H,20,21,24)/t8-/m0/s1. The fourth-order valence-electron chi connectivity index (χ4n) is 2.55. The first-order chi connectivity index (χ1) is 13.0. The zero-order chi connectivity index (χ0) is 20.8. The third-order valence-corrected chi connectivity index (χ3v) is 6.58. The maximum absolute atomic E-state index is 13.0. The quantitative estimate of drug-likeness (QED) is 0.636. The van der Waals surface area contributed by atoms with Crippen LogP contribution in [0.15, 0.2) is 23.1 Å². The number of thiazole rings is 1. The van der Waals surface area contributed by atoms with E-state index >= 15 is 0 Å². The van der Waals surface area contributed by atoms with E-state index in [2.05, 4.69) is 15.4 Å². The lowest BCUT2D eigenvalue weighted by atomic mass is 10.3.